The van der Waals surface area contributed by atoms with Crippen molar-refractivity contribution in [1.82, 2.24) is 0 Å². The average molecular weight is 390 g/mol. The van der Waals surface area contributed by atoms with Crippen molar-refractivity contribution in [3.8, 4) is 6.07 Å². The molecular weight excluding hydrogens is 340 g/mol. The van der Waals surface area contributed by atoms with Crippen LogP contribution < -0.4 is 0 Å². The highest BCUT2D eigenvalue weighted by Crippen LogP contribution is 2.51. The van der Waals surface area contributed by atoms with E-state index in [1.165, 1.54) is 122 Å². The Morgan fingerprint density at radius 3 is 1.50 bits per heavy atom. The first-order valence-corrected chi connectivity index (χ1v) is 12.9. The molecule has 0 spiro atoms. The van der Waals surface area contributed by atoms with E-state index in [-0.39, 0.29) is 5.54 Å². The van der Waals surface area contributed by atoms with Crippen LogP contribution in [0.1, 0.15) is 135 Å². The summed E-state index contributed by atoms with van der Waals surface area (Å²) in [6.07, 6.45) is 27.8. The first-order chi connectivity index (χ1) is 13.7. The summed E-state index contributed by atoms with van der Waals surface area (Å²) in [6.45, 7) is 3.54. The average Bonchev–Trinajstić information content (AvgIpc) is 3.15. The standard InChI is InChI=1S/C26H49N2/c1-3-4-5-6-7-8-9-10-11-12-13-14-15-16-17-18-23-28(2)25-19-21-26(28,24-27)22-20-25/h25H,3-23H2,1-2H3/q+1. The Labute approximate surface area is 176 Å². The molecule has 0 aromatic rings. The van der Waals surface area contributed by atoms with Gasteiger partial charge in [0, 0.05) is 25.7 Å². The summed E-state index contributed by atoms with van der Waals surface area (Å²) in [5.74, 6) is 0. The number of quaternary nitrogens is 1. The summed E-state index contributed by atoms with van der Waals surface area (Å²) in [5.41, 5.74) is -0.0137. The smallest absolute Gasteiger partial charge is 0.186 e. The number of hydrogen-bond acceptors (Lipinski definition) is 1. The van der Waals surface area contributed by atoms with Crippen LogP contribution in [0.3, 0.4) is 0 Å². The third-order valence-corrected chi connectivity index (χ3v) is 8.25. The largest absolute Gasteiger partial charge is 0.307 e. The molecule has 1 unspecified atom stereocenters. The van der Waals surface area contributed by atoms with E-state index >= 15 is 0 Å². The van der Waals surface area contributed by atoms with Crippen LogP contribution >= 0.6 is 0 Å². The zero-order valence-electron chi connectivity index (χ0n) is 19.3. The monoisotopic (exact) mass is 389 g/mol. The van der Waals surface area contributed by atoms with Gasteiger partial charge in [0.2, 0.25) is 0 Å². The highest BCUT2D eigenvalue weighted by atomic mass is 15.4. The van der Waals surface area contributed by atoms with Crippen LogP contribution in [0, 0.1) is 11.3 Å². The molecule has 0 aromatic carbocycles. The molecule has 162 valence electrons. The van der Waals surface area contributed by atoms with E-state index in [1.807, 2.05) is 0 Å². The minimum atomic E-state index is -0.0137. The van der Waals surface area contributed by atoms with Crippen molar-refractivity contribution in [3.05, 3.63) is 0 Å². The van der Waals surface area contributed by atoms with E-state index in [0.717, 1.165) is 23.4 Å². The van der Waals surface area contributed by atoms with E-state index in [4.69, 9.17) is 0 Å². The molecule has 0 N–H and O–H groups in total. The van der Waals surface area contributed by atoms with E-state index < -0.39 is 0 Å². The molecule has 0 saturated carbocycles. The van der Waals surface area contributed by atoms with E-state index in [9.17, 15) is 5.26 Å². The van der Waals surface area contributed by atoms with Gasteiger partial charge >= 0.3 is 0 Å². The van der Waals surface area contributed by atoms with Crippen LogP contribution in [-0.2, 0) is 0 Å². The van der Waals surface area contributed by atoms with Gasteiger partial charge in [-0.3, -0.25) is 0 Å². The van der Waals surface area contributed by atoms with Gasteiger partial charge in [-0.1, -0.05) is 96.8 Å². The van der Waals surface area contributed by atoms with Gasteiger partial charge in [0.05, 0.1) is 19.6 Å². The SMILES string of the molecule is CCCCCCCCCCCCCCCCCC[N+]1(C)C2CCC1(C#N)CC2. The Bertz CT molecular complexity index is 444. The van der Waals surface area contributed by atoms with Gasteiger partial charge < -0.3 is 4.48 Å². The quantitative estimate of drug-likeness (QED) is 0.183. The molecular formula is C26H49N2+. The summed E-state index contributed by atoms with van der Waals surface area (Å²) < 4.78 is 1.09. The van der Waals surface area contributed by atoms with Crippen LogP contribution in [0.4, 0.5) is 0 Å². The molecule has 0 aromatic heterocycles. The Kier molecular flexibility index (Phi) is 10.9. The predicted molar refractivity (Wildman–Crippen MR) is 121 cm³/mol. The molecule has 2 heterocycles. The van der Waals surface area contributed by atoms with Crippen molar-refractivity contribution >= 4 is 0 Å². The summed E-state index contributed by atoms with van der Waals surface area (Å²) in [5, 5.41) is 9.75. The third-order valence-electron chi connectivity index (χ3n) is 8.25. The van der Waals surface area contributed by atoms with Crippen molar-refractivity contribution in [2.24, 2.45) is 0 Å². The number of nitrogens with zero attached hydrogens (tertiary/aromatic N) is 2. The number of nitriles is 1. The number of hydrogen-bond donors (Lipinski definition) is 0. The lowest BCUT2D eigenvalue weighted by Crippen LogP contribution is -2.56. The second-order valence-corrected chi connectivity index (χ2v) is 10.2. The van der Waals surface area contributed by atoms with Crippen LogP contribution in [-0.4, -0.2) is 29.7 Å². The fraction of sp³-hybridized carbons (Fsp3) is 0.962. The fourth-order valence-electron chi connectivity index (χ4n) is 6.12. The molecule has 2 bridgehead atoms. The molecule has 2 rings (SSSR count). The van der Waals surface area contributed by atoms with Crippen molar-refractivity contribution < 1.29 is 4.48 Å². The predicted octanol–water partition coefficient (Wildman–Crippen LogP) is 7.91. The zero-order chi connectivity index (χ0) is 20.1. The molecule has 2 heteroatoms. The minimum Gasteiger partial charge on any atom is -0.307 e. The lowest BCUT2D eigenvalue weighted by molar-refractivity contribution is -0.946. The van der Waals surface area contributed by atoms with Gasteiger partial charge in [0.15, 0.2) is 5.54 Å². The minimum absolute atomic E-state index is 0.0137. The molecule has 0 amide bonds. The number of unbranched alkanes of at least 4 members (excludes halogenated alkanes) is 15. The van der Waals surface area contributed by atoms with Gasteiger partial charge in [0.1, 0.15) is 6.07 Å². The van der Waals surface area contributed by atoms with Crippen LogP contribution in [0.25, 0.3) is 0 Å². The molecule has 2 aliphatic heterocycles. The summed E-state index contributed by atoms with van der Waals surface area (Å²) in [6, 6.07) is 3.52. The second-order valence-electron chi connectivity index (χ2n) is 10.2. The molecule has 2 saturated heterocycles. The molecule has 2 aliphatic rings. The molecule has 2 fully saturated rings. The highest BCUT2D eigenvalue weighted by molar-refractivity contribution is 5.10. The molecule has 1 atom stereocenters. The fourth-order valence-corrected chi connectivity index (χ4v) is 6.12. The van der Waals surface area contributed by atoms with E-state index in [0.29, 0.717) is 0 Å². The Balaban J connectivity index is 1.36. The zero-order valence-corrected chi connectivity index (χ0v) is 19.3. The van der Waals surface area contributed by atoms with Gasteiger partial charge in [-0.05, 0) is 12.8 Å². The lowest BCUT2D eigenvalue weighted by Gasteiger charge is -2.40. The first-order valence-electron chi connectivity index (χ1n) is 12.9. The van der Waals surface area contributed by atoms with Crippen molar-refractivity contribution in [2.75, 3.05) is 13.6 Å². The molecule has 0 aliphatic carbocycles. The maximum Gasteiger partial charge on any atom is 0.186 e. The summed E-state index contributed by atoms with van der Waals surface area (Å²) in [7, 11) is 2.39. The van der Waals surface area contributed by atoms with Crippen molar-refractivity contribution in [1.29, 1.82) is 5.26 Å². The van der Waals surface area contributed by atoms with E-state index in [1.54, 1.807) is 0 Å². The topological polar surface area (TPSA) is 23.8 Å². The molecule has 0 radical (unpaired) electrons. The van der Waals surface area contributed by atoms with Crippen molar-refractivity contribution in [3.63, 3.8) is 0 Å². The summed E-state index contributed by atoms with van der Waals surface area (Å²) >= 11 is 0. The van der Waals surface area contributed by atoms with Gasteiger partial charge in [-0.2, -0.15) is 5.26 Å². The highest BCUT2D eigenvalue weighted by Gasteiger charge is 2.62. The number of fused-ring (bicyclic) bond motifs is 2. The molecule has 2 nitrogen and oxygen atoms in total. The Hall–Kier alpha value is -0.550. The van der Waals surface area contributed by atoms with Crippen LogP contribution in [0.2, 0.25) is 0 Å². The van der Waals surface area contributed by atoms with Crippen molar-refractivity contribution in [2.45, 2.75) is 147 Å². The van der Waals surface area contributed by atoms with Crippen LogP contribution in [0.5, 0.6) is 0 Å². The van der Waals surface area contributed by atoms with E-state index in [2.05, 4.69) is 20.0 Å². The van der Waals surface area contributed by atoms with Crippen LogP contribution in [0.15, 0.2) is 0 Å². The number of rotatable bonds is 17. The maximum absolute atomic E-state index is 9.75. The lowest BCUT2D eigenvalue weighted by atomic mass is 9.89. The third kappa shape index (κ3) is 6.48. The van der Waals surface area contributed by atoms with Gasteiger partial charge in [-0.15, -0.1) is 0 Å². The summed E-state index contributed by atoms with van der Waals surface area (Å²) in [4.78, 5) is 0. The first kappa shape index (κ1) is 23.7. The molecule has 28 heavy (non-hydrogen) atoms. The Morgan fingerprint density at radius 1 is 0.714 bits per heavy atom. The van der Waals surface area contributed by atoms with Gasteiger partial charge in [0.25, 0.3) is 0 Å². The Morgan fingerprint density at radius 2 is 1.11 bits per heavy atom. The second kappa shape index (κ2) is 12.9. The van der Waals surface area contributed by atoms with Gasteiger partial charge in [-0.25, -0.2) is 0 Å². The normalized spacial score (nSPS) is 28.7. The maximum atomic E-state index is 9.75.